The van der Waals surface area contributed by atoms with Crippen molar-refractivity contribution in [2.45, 2.75) is 6.92 Å². The molecule has 1 saturated heterocycles. The SMILES string of the molecule is Cc1ccc(/C=C2/SC(=Nc3ccccc3Cl)N(C)C2=O)cc1. The number of carbonyl (C=O) groups excluding carboxylic acids is 1. The van der Waals surface area contributed by atoms with E-state index in [1.54, 1.807) is 18.0 Å². The first-order valence-corrected chi connectivity index (χ1v) is 8.31. The number of carbonyl (C=O) groups is 1. The van der Waals surface area contributed by atoms with Crippen molar-refractivity contribution in [1.29, 1.82) is 0 Å². The molecule has 2 aromatic carbocycles. The summed E-state index contributed by atoms with van der Waals surface area (Å²) in [7, 11) is 1.72. The van der Waals surface area contributed by atoms with E-state index in [4.69, 9.17) is 11.6 Å². The molecule has 116 valence electrons. The molecule has 0 aliphatic carbocycles. The number of likely N-dealkylation sites (N-methyl/N-ethyl adjacent to an activating group) is 1. The summed E-state index contributed by atoms with van der Waals surface area (Å²) in [6, 6.07) is 15.4. The molecule has 23 heavy (non-hydrogen) atoms. The van der Waals surface area contributed by atoms with Gasteiger partial charge in [-0.3, -0.25) is 9.69 Å². The van der Waals surface area contributed by atoms with Crippen LogP contribution in [-0.4, -0.2) is 23.0 Å². The Labute approximate surface area is 144 Å². The molecule has 1 amide bonds. The number of amides is 1. The van der Waals surface area contributed by atoms with Gasteiger partial charge in [0.2, 0.25) is 0 Å². The molecule has 3 nitrogen and oxygen atoms in total. The third-order valence-electron chi connectivity index (χ3n) is 3.45. The molecule has 1 heterocycles. The van der Waals surface area contributed by atoms with Crippen molar-refractivity contribution in [3.05, 3.63) is 69.6 Å². The number of aliphatic imine (C=N–C) groups is 1. The maximum absolute atomic E-state index is 12.4. The Morgan fingerprint density at radius 2 is 1.83 bits per heavy atom. The molecule has 0 N–H and O–H groups in total. The number of aryl methyl sites for hydroxylation is 1. The first-order chi connectivity index (χ1) is 11.0. The number of hydrogen-bond donors (Lipinski definition) is 0. The molecule has 1 fully saturated rings. The molecule has 0 saturated carbocycles. The zero-order chi connectivity index (χ0) is 16.4. The van der Waals surface area contributed by atoms with Crippen LogP contribution >= 0.6 is 23.4 Å². The minimum Gasteiger partial charge on any atom is -0.290 e. The predicted octanol–water partition coefficient (Wildman–Crippen LogP) is 4.88. The Morgan fingerprint density at radius 1 is 1.13 bits per heavy atom. The van der Waals surface area contributed by atoms with Gasteiger partial charge in [-0.1, -0.05) is 53.6 Å². The predicted molar refractivity (Wildman–Crippen MR) is 98.1 cm³/mol. The van der Waals surface area contributed by atoms with Gasteiger partial charge in [0, 0.05) is 7.05 Å². The summed E-state index contributed by atoms with van der Waals surface area (Å²) < 4.78 is 0. The van der Waals surface area contributed by atoms with Gasteiger partial charge < -0.3 is 0 Å². The van der Waals surface area contributed by atoms with Crippen LogP contribution in [0.25, 0.3) is 6.08 Å². The van der Waals surface area contributed by atoms with Gasteiger partial charge in [0.25, 0.3) is 5.91 Å². The average Bonchev–Trinajstić information content (AvgIpc) is 2.80. The van der Waals surface area contributed by atoms with E-state index in [1.165, 1.54) is 17.3 Å². The minimum atomic E-state index is -0.0543. The van der Waals surface area contributed by atoms with Crippen LogP contribution < -0.4 is 0 Å². The van der Waals surface area contributed by atoms with Crippen LogP contribution in [0, 0.1) is 6.92 Å². The van der Waals surface area contributed by atoms with Gasteiger partial charge >= 0.3 is 0 Å². The lowest BCUT2D eigenvalue weighted by Gasteiger charge is -2.07. The van der Waals surface area contributed by atoms with Gasteiger partial charge in [0.15, 0.2) is 5.17 Å². The Morgan fingerprint density at radius 3 is 2.52 bits per heavy atom. The van der Waals surface area contributed by atoms with E-state index < -0.39 is 0 Å². The van der Waals surface area contributed by atoms with Gasteiger partial charge in [-0.05, 0) is 42.5 Å². The summed E-state index contributed by atoms with van der Waals surface area (Å²) in [6.45, 7) is 2.04. The fraction of sp³-hybridized carbons (Fsp3) is 0.111. The number of halogens is 1. The minimum absolute atomic E-state index is 0.0543. The van der Waals surface area contributed by atoms with Crippen LogP contribution in [0.15, 0.2) is 58.4 Å². The highest BCUT2D eigenvalue weighted by molar-refractivity contribution is 8.18. The largest absolute Gasteiger partial charge is 0.290 e. The normalized spacial score (nSPS) is 18.2. The molecule has 5 heteroatoms. The summed E-state index contributed by atoms with van der Waals surface area (Å²) in [5.74, 6) is -0.0543. The van der Waals surface area contributed by atoms with Gasteiger partial charge in [-0.2, -0.15) is 0 Å². The third-order valence-corrected chi connectivity index (χ3v) is 4.83. The van der Waals surface area contributed by atoms with Gasteiger partial charge in [0.05, 0.1) is 15.6 Å². The number of thioether (sulfide) groups is 1. The molecule has 0 atom stereocenters. The second-order valence-electron chi connectivity index (χ2n) is 5.23. The van der Waals surface area contributed by atoms with Crippen LogP contribution in [0.4, 0.5) is 5.69 Å². The van der Waals surface area contributed by atoms with Crippen molar-refractivity contribution in [3.8, 4) is 0 Å². The Kier molecular flexibility index (Phi) is 4.55. The van der Waals surface area contributed by atoms with Crippen molar-refractivity contribution < 1.29 is 4.79 Å². The van der Waals surface area contributed by atoms with E-state index in [0.29, 0.717) is 20.8 Å². The molecule has 0 radical (unpaired) electrons. The van der Waals surface area contributed by atoms with Crippen LogP contribution in [-0.2, 0) is 4.79 Å². The lowest BCUT2D eigenvalue weighted by Crippen LogP contribution is -2.23. The Bertz CT molecular complexity index is 812. The highest BCUT2D eigenvalue weighted by atomic mass is 35.5. The topological polar surface area (TPSA) is 32.7 Å². The van der Waals surface area contributed by atoms with E-state index in [-0.39, 0.29) is 5.91 Å². The molecular weight excluding hydrogens is 328 g/mol. The molecule has 1 aliphatic heterocycles. The molecule has 1 aliphatic rings. The first-order valence-electron chi connectivity index (χ1n) is 7.12. The molecular formula is C18H15ClN2OS. The van der Waals surface area contributed by atoms with E-state index in [2.05, 4.69) is 4.99 Å². The van der Waals surface area contributed by atoms with Gasteiger partial charge in [0.1, 0.15) is 0 Å². The van der Waals surface area contributed by atoms with E-state index in [1.807, 2.05) is 55.5 Å². The third kappa shape index (κ3) is 3.49. The molecule has 3 rings (SSSR count). The Balaban J connectivity index is 1.91. The average molecular weight is 343 g/mol. The summed E-state index contributed by atoms with van der Waals surface area (Å²) in [6.07, 6.45) is 1.89. The highest BCUT2D eigenvalue weighted by Crippen LogP contribution is 2.34. The maximum Gasteiger partial charge on any atom is 0.266 e. The summed E-state index contributed by atoms with van der Waals surface area (Å²) in [5, 5.41) is 1.19. The number of para-hydroxylation sites is 1. The van der Waals surface area contributed by atoms with Crippen molar-refractivity contribution in [2.75, 3.05) is 7.05 Å². The molecule has 0 aromatic heterocycles. The van der Waals surface area contributed by atoms with E-state index in [0.717, 1.165) is 5.56 Å². The van der Waals surface area contributed by atoms with Crippen LogP contribution in [0.2, 0.25) is 5.02 Å². The number of hydrogen-bond acceptors (Lipinski definition) is 3. The Hall–Kier alpha value is -2.04. The second kappa shape index (κ2) is 6.60. The summed E-state index contributed by atoms with van der Waals surface area (Å²) in [4.78, 5) is 19.1. The summed E-state index contributed by atoms with van der Waals surface area (Å²) >= 11 is 7.49. The number of rotatable bonds is 2. The molecule has 2 aromatic rings. The quantitative estimate of drug-likeness (QED) is 0.728. The van der Waals surface area contributed by atoms with Crippen molar-refractivity contribution >= 4 is 46.2 Å². The number of nitrogens with zero attached hydrogens (tertiary/aromatic N) is 2. The van der Waals surface area contributed by atoms with Crippen molar-refractivity contribution in [1.82, 2.24) is 4.90 Å². The zero-order valence-electron chi connectivity index (χ0n) is 12.8. The molecule has 0 spiro atoms. The fourth-order valence-corrected chi connectivity index (χ4v) is 3.27. The fourth-order valence-electron chi connectivity index (χ4n) is 2.11. The second-order valence-corrected chi connectivity index (χ2v) is 6.65. The van der Waals surface area contributed by atoms with Crippen LogP contribution in [0.5, 0.6) is 0 Å². The van der Waals surface area contributed by atoms with Crippen LogP contribution in [0.3, 0.4) is 0 Å². The zero-order valence-corrected chi connectivity index (χ0v) is 14.4. The lowest BCUT2D eigenvalue weighted by atomic mass is 10.1. The maximum atomic E-state index is 12.4. The monoisotopic (exact) mass is 342 g/mol. The summed E-state index contributed by atoms with van der Waals surface area (Å²) in [5.41, 5.74) is 2.85. The smallest absolute Gasteiger partial charge is 0.266 e. The molecule has 0 unspecified atom stereocenters. The van der Waals surface area contributed by atoms with Crippen molar-refractivity contribution in [3.63, 3.8) is 0 Å². The number of benzene rings is 2. The van der Waals surface area contributed by atoms with E-state index in [9.17, 15) is 4.79 Å². The lowest BCUT2D eigenvalue weighted by molar-refractivity contribution is -0.121. The first kappa shape index (κ1) is 15.8. The van der Waals surface area contributed by atoms with Gasteiger partial charge in [-0.15, -0.1) is 0 Å². The standard InChI is InChI=1S/C18H15ClN2OS/c1-12-7-9-13(10-8-12)11-16-17(22)21(2)18(23-16)20-15-6-4-3-5-14(15)19/h3-11H,1-2H3/b16-11+,20-18?. The van der Waals surface area contributed by atoms with Gasteiger partial charge in [-0.25, -0.2) is 4.99 Å². The molecule has 0 bridgehead atoms. The number of amidine groups is 1. The van der Waals surface area contributed by atoms with Crippen molar-refractivity contribution in [2.24, 2.45) is 4.99 Å². The van der Waals surface area contributed by atoms with Crippen LogP contribution in [0.1, 0.15) is 11.1 Å². The van der Waals surface area contributed by atoms with E-state index >= 15 is 0 Å². The highest BCUT2D eigenvalue weighted by Gasteiger charge is 2.30.